The van der Waals surface area contributed by atoms with E-state index in [1.54, 1.807) is 0 Å². The summed E-state index contributed by atoms with van der Waals surface area (Å²) >= 11 is 3.31. The van der Waals surface area contributed by atoms with E-state index in [0.29, 0.717) is 11.8 Å². The number of halogens is 1. The van der Waals surface area contributed by atoms with Crippen LogP contribution < -0.4 is 4.72 Å². The second kappa shape index (κ2) is 5.32. The molecule has 0 spiro atoms. The number of rotatable bonds is 6. The van der Waals surface area contributed by atoms with E-state index in [4.69, 9.17) is 0 Å². The summed E-state index contributed by atoms with van der Waals surface area (Å²) in [6.45, 7) is 5.72. The van der Waals surface area contributed by atoms with Crippen molar-refractivity contribution in [3.8, 4) is 0 Å². The van der Waals surface area contributed by atoms with Gasteiger partial charge in [0.1, 0.15) is 0 Å². The van der Waals surface area contributed by atoms with Crippen LogP contribution in [0.1, 0.15) is 33.6 Å². The Bertz CT molecular complexity index is 235. The first-order valence-corrected chi connectivity index (χ1v) is 7.24. The molecule has 3 nitrogen and oxygen atoms in total. The smallest absolute Gasteiger partial charge is 0.212 e. The minimum absolute atomic E-state index is 0.204. The summed E-state index contributed by atoms with van der Waals surface area (Å²) in [6, 6.07) is 0. The third-order valence-electron chi connectivity index (χ3n) is 1.95. The summed E-state index contributed by atoms with van der Waals surface area (Å²) in [5.41, 5.74) is -0.353. The van der Waals surface area contributed by atoms with Gasteiger partial charge in [-0.05, 0) is 19.8 Å². The molecule has 1 N–H and O–H groups in total. The molecule has 80 valence electrons. The van der Waals surface area contributed by atoms with Gasteiger partial charge in [-0.2, -0.15) is 0 Å². The van der Waals surface area contributed by atoms with Crippen LogP contribution in [0.3, 0.4) is 0 Å². The van der Waals surface area contributed by atoms with Gasteiger partial charge >= 0.3 is 0 Å². The molecule has 0 aliphatic carbocycles. The fourth-order valence-corrected chi connectivity index (χ4v) is 3.22. The van der Waals surface area contributed by atoms with E-state index in [1.165, 1.54) is 0 Å². The Kier molecular flexibility index (Phi) is 5.47. The number of hydrogen-bond acceptors (Lipinski definition) is 2. The molecule has 0 amide bonds. The first-order valence-electron chi connectivity index (χ1n) is 4.46. The number of nitrogens with one attached hydrogen (secondary N) is 1. The van der Waals surface area contributed by atoms with Crippen molar-refractivity contribution in [2.24, 2.45) is 0 Å². The average molecular weight is 272 g/mol. The summed E-state index contributed by atoms with van der Waals surface area (Å²) < 4.78 is 25.6. The van der Waals surface area contributed by atoms with Gasteiger partial charge in [0.15, 0.2) is 0 Å². The molecule has 0 aliphatic heterocycles. The molecule has 0 bridgehead atoms. The molecule has 5 heteroatoms. The highest BCUT2D eigenvalue weighted by Crippen LogP contribution is 2.14. The molecule has 0 aliphatic rings. The zero-order valence-electron chi connectivity index (χ0n) is 8.43. The van der Waals surface area contributed by atoms with Crippen LogP contribution in [0.2, 0.25) is 0 Å². The van der Waals surface area contributed by atoms with Gasteiger partial charge in [0.05, 0.1) is 5.75 Å². The van der Waals surface area contributed by atoms with Gasteiger partial charge < -0.3 is 0 Å². The molecule has 1 unspecified atom stereocenters. The average Bonchev–Trinajstić information content (AvgIpc) is 2.03. The lowest BCUT2D eigenvalue weighted by Crippen LogP contribution is -2.47. The molecule has 1 atom stereocenters. The lowest BCUT2D eigenvalue weighted by atomic mass is 10.0. The van der Waals surface area contributed by atoms with E-state index in [9.17, 15) is 8.42 Å². The zero-order chi connectivity index (χ0) is 10.5. The quantitative estimate of drug-likeness (QED) is 0.750. The monoisotopic (exact) mass is 271 g/mol. The van der Waals surface area contributed by atoms with Crippen LogP contribution in [0.15, 0.2) is 0 Å². The van der Waals surface area contributed by atoms with Crippen LogP contribution in [0.4, 0.5) is 0 Å². The minimum atomic E-state index is -3.09. The maximum absolute atomic E-state index is 11.4. The largest absolute Gasteiger partial charge is 0.212 e. The van der Waals surface area contributed by atoms with Crippen LogP contribution >= 0.6 is 15.9 Å². The van der Waals surface area contributed by atoms with Crippen LogP contribution in [-0.4, -0.2) is 25.0 Å². The Hall–Kier alpha value is 0.390. The summed E-state index contributed by atoms with van der Waals surface area (Å²) in [7, 11) is -3.09. The number of alkyl halides is 1. The van der Waals surface area contributed by atoms with Crippen molar-refractivity contribution in [1.29, 1.82) is 0 Å². The highest BCUT2D eigenvalue weighted by molar-refractivity contribution is 9.09. The van der Waals surface area contributed by atoms with Crippen molar-refractivity contribution >= 4 is 26.0 Å². The topological polar surface area (TPSA) is 46.2 Å². The predicted molar refractivity (Wildman–Crippen MR) is 59.7 cm³/mol. The Morgan fingerprint density at radius 3 is 2.23 bits per heavy atom. The lowest BCUT2D eigenvalue weighted by Gasteiger charge is -2.26. The zero-order valence-corrected chi connectivity index (χ0v) is 10.8. The standard InChI is InChI=1S/C8H18BrNO2S/c1-4-6-13(11,12)10-8(3,5-2)7-9/h10H,4-7H2,1-3H3. The molecule has 0 heterocycles. The Morgan fingerprint density at radius 1 is 1.38 bits per heavy atom. The van der Waals surface area contributed by atoms with E-state index < -0.39 is 10.0 Å². The third kappa shape index (κ3) is 4.98. The molecule has 0 fully saturated rings. The molecular weight excluding hydrogens is 254 g/mol. The fraction of sp³-hybridized carbons (Fsp3) is 1.00. The number of hydrogen-bond donors (Lipinski definition) is 1. The Balaban J connectivity index is 4.40. The second-order valence-corrected chi connectivity index (χ2v) is 5.87. The lowest BCUT2D eigenvalue weighted by molar-refractivity contribution is 0.449. The van der Waals surface area contributed by atoms with E-state index in [1.807, 2.05) is 20.8 Å². The van der Waals surface area contributed by atoms with E-state index >= 15 is 0 Å². The summed E-state index contributed by atoms with van der Waals surface area (Å²) in [6.07, 6.45) is 1.43. The first-order chi connectivity index (χ1) is 5.89. The van der Waals surface area contributed by atoms with Gasteiger partial charge in [-0.25, -0.2) is 13.1 Å². The van der Waals surface area contributed by atoms with Gasteiger partial charge in [0.2, 0.25) is 10.0 Å². The fourth-order valence-electron chi connectivity index (χ4n) is 0.889. The van der Waals surface area contributed by atoms with Crippen molar-refractivity contribution in [3.05, 3.63) is 0 Å². The van der Waals surface area contributed by atoms with Gasteiger partial charge in [0, 0.05) is 10.9 Å². The summed E-state index contributed by atoms with van der Waals surface area (Å²) in [5, 5.41) is 0.638. The molecular formula is C8H18BrNO2S. The molecule has 0 aromatic heterocycles. The van der Waals surface area contributed by atoms with Crippen molar-refractivity contribution in [1.82, 2.24) is 4.72 Å². The molecule has 0 saturated carbocycles. The van der Waals surface area contributed by atoms with Crippen molar-refractivity contribution in [3.63, 3.8) is 0 Å². The highest BCUT2D eigenvalue weighted by atomic mass is 79.9. The van der Waals surface area contributed by atoms with E-state index in [-0.39, 0.29) is 11.3 Å². The van der Waals surface area contributed by atoms with Crippen LogP contribution in [0.5, 0.6) is 0 Å². The molecule has 0 aromatic carbocycles. The summed E-state index contributed by atoms with van der Waals surface area (Å²) in [4.78, 5) is 0. The predicted octanol–water partition coefficient (Wildman–Crippen LogP) is 1.88. The molecule has 0 radical (unpaired) electrons. The first kappa shape index (κ1) is 13.4. The Morgan fingerprint density at radius 2 is 1.92 bits per heavy atom. The summed E-state index contributed by atoms with van der Waals surface area (Å²) in [5.74, 6) is 0.204. The van der Waals surface area contributed by atoms with Crippen molar-refractivity contribution in [2.45, 2.75) is 39.2 Å². The van der Waals surface area contributed by atoms with Gasteiger partial charge in [0.25, 0.3) is 0 Å². The van der Waals surface area contributed by atoms with Crippen LogP contribution in [0, 0.1) is 0 Å². The minimum Gasteiger partial charge on any atom is -0.212 e. The van der Waals surface area contributed by atoms with Crippen LogP contribution in [-0.2, 0) is 10.0 Å². The van der Waals surface area contributed by atoms with Crippen molar-refractivity contribution < 1.29 is 8.42 Å². The van der Waals surface area contributed by atoms with Gasteiger partial charge in [-0.15, -0.1) is 0 Å². The van der Waals surface area contributed by atoms with Crippen LogP contribution in [0.25, 0.3) is 0 Å². The van der Waals surface area contributed by atoms with Gasteiger partial charge in [-0.3, -0.25) is 0 Å². The third-order valence-corrected chi connectivity index (χ3v) is 4.94. The maximum atomic E-state index is 11.4. The Labute approximate surface area is 89.5 Å². The van der Waals surface area contributed by atoms with E-state index in [2.05, 4.69) is 20.7 Å². The van der Waals surface area contributed by atoms with E-state index in [0.717, 1.165) is 6.42 Å². The number of sulfonamides is 1. The van der Waals surface area contributed by atoms with Gasteiger partial charge in [-0.1, -0.05) is 29.8 Å². The second-order valence-electron chi connectivity index (χ2n) is 3.47. The molecule has 0 saturated heterocycles. The SMILES string of the molecule is CCCS(=O)(=O)NC(C)(CC)CBr. The highest BCUT2D eigenvalue weighted by Gasteiger charge is 2.25. The molecule has 13 heavy (non-hydrogen) atoms. The molecule has 0 rings (SSSR count). The molecule has 0 aromatic rings. The normalized spacial score (nSPS) is 16.9. The van der Waals surface area contributed by atoms with Crippen molar-refractivity contribution in [2.75, 3.05) is 11.1 Å². The maximum Gasteiger partial charge on any atom is 0.212 e.